The number of halogens is 1. The minimum absolute atomic E-state index is 0.219. The molecular weight excluding hydrogens is 420 g/mol. The Hall–Kier alpha value is -1.25. The van der Waals surface area contributed by atoms with Crippen molar-refractivity contribution in [2.75, 3.05) is 6.54 Å². The minimum Gasteiger partial charge on any atom is -0.258 e. The molecule has 1 aromatic carbocycles. The predicted molar refractivity (Wildman–Crippen MR) is 104 cm³/mol. The lowest BCUT2D eigenvalue weighted by molar-refractivity contribution is -0.387. The van der Waals surface area contributed by atoms with E-state index in [2.05, 4.69) is 15.9 Å². The molecule has 1 aliphatic heterocycles. The maximum atomic E-state index is 13.2. The van der Waals surface area contributed by atoms with Crippen molar-refractivity contribution in [3.05, 3.63) is 44.4 Å². The molecule has 2 aliphatic rings. The van der Waals surface area contributed by atoms with Gasteiger partial charge < -0.3 is 0 Å². The Balaban J connectivity index is 1.97. The molecule has 0 amide bonds. The van der Waals surface area contributed by atoms with Crippen LogP contribution in [0.25, 0.3) is 0 Å². The van der Waals surface area contributed by atoms with E-state index >= 15 is 0 Å². The van der Waals surface area contributed by atoms with Gasteiger partial charge in [0.05, 0.1) is 11.0 Å². The van der Waals surface area contributed by atoms with Crippen LogP contribution in [0.3, 0.4) is 0 Å². The highest BCUT2D eigenvalue weighted by Crippen LogP contribution is 2.38. The number of nitro groups is 1. The van der Waals surface area contributed by atoms with Crippen molar-refractivity contribution in [1.29, 1.82) is 0 Å². The second kappa shape index (κ2) is 8.19. The van der Waals surface area contributed by atoms with Crippen LogP contribution in [0, 0.1) is 10.1 Å². The van der Waals surface area contributed by atoms with Gasteiger partial charge in [-0.15, -0.1) is 0 Å². The maximum Gasteiger partial charge on any atom is 0.289 e. The summed E-state index contributed by atoms with van der Waals surface area (Å²) in [4.78, 5) is 10.4. The van der Waals surface area contributed by atoms with Gasteiger partial charge in [-0.1, -0.05) is 46.5 Å². The third kappa shape index (κ3) is 3.87. The van der Waals surface area contributed by atoms with E-state index in [9.17, 15) is 18.5 Å². The highest BCUT2D eigenvalue weighted by Gasteiger charge is 2.40. The van der Waals surface area contributed by atoms with Crippen LogP contribution in [0.5, 0.6) is 0 Å². The summed E-state index contributed by atoms with van der Waals surface area (Å²) in [6.45, 7) is 0.390. The summed E-state index contributed by atoms with van der Waals surface area (Å²) in [6.07, 6.45) is 8.19. The van der Waals surface area contributed by atoms with Crippen molar-refractivity contribution in [2.45, 2.75) is 62.3 Å². The number of hydrogen-bond acceptors (Lipinski definition) is 4. The number of benzene rings is 1. The highest BCUT2D eigenvalue weighted by molar-refractivity contribution is 9.11. The summed E-state index contributed by atoms with van der Waals surface area (Å²) >= 11 is 3.69. The topological polar surface area (TPSA) is 80.5 Å². The predicted octanol–water partition coefficient (Wildman–Crippen LogP) is 4.75. The molecule has 0 aromatic heterocycles. The molecule has 8 heteroatoms. The lowest BCUT2D eigenvalue weighted by atomic mass is 10.0. The van der Waals surface area contributed by atoms with E-state index in [1.807, 2.05) is 0 Å². The second-order valence-corrected chi connectivity index (χ2v) is 9.58. The summed E-state index contributed by atoms with van der Waals surface area (Å²) in [7, 11) is -3.93. The van der Waals surface area contributed by atoms with E-state index < -0.39 is 14.9 Å². The van der Waals surface area contributed by atoms with Crippen molar-refractivity contribution in [1.82, 2.24) is 4.31 Å². The Labute approximate surface area is 162 Å². The molecule has 0 bridgehead atoms. The normalized spacial score (nSPS) is 22.2. The molecule has 3 rings (SSSR count). The van der Waals surface area contributed by atoms with Crippen molar-refractivity contribution in [2.24, 2.45) is 0 Å². The van der Waals surface area contributed by atoms with Crippen LogP contribution in [-0.4, -0.2) is 30.2 Å². The highest BCUT2D eigenvalue weighted by atomic mass is 79.9. The monoisotopic (exact) mass is 442 g/mol. The smallest absolute Gasteiger partial charge is 0.258 e. The van der Waals surface area contributed by atoms with Crippen LogP contribution in [0.15, 0.2) is 39.2 Å². The van der Waals surface area contributed by atoms with E-state index in [0.29, 0.717) is 6.54 Å². The van der Waals surface area contributed by atoms with E-state index in [1.165, 1.54) is 47.0 Å². The van der Waals surface area contributed by atoms with Crippen molar-refractivity contribution >= 4 is 31.6 Å². The van der Waals surface area contributed by atoms with Gasteiger partial charge in [-0.3, -0.25) is 10.1 Å². The molecule has 6 nitrogen and oxygen atoms in total. The van der Waals surface area contributed by atoms with Crippen LogP contribution < -0.4 is 0 Å². The van der Waals surface area contributed by atoms with Crippen LogP contribution in [0.2, 0.25) is 0 Å². The Morgan fingerprint density at radius 3 is 2.42 bits per heavy atom. The molecular formula is C18H23BrN2O4S. The first-order chi connectivity index (χ1) is 12.4. The van der Waals surface area contributed by atoms with Gasteiger partial charge in [-0.25, -0.2) is 8.42 Å². The Morgan fingerprint density at radius 1 is 1.12 bits per heavy atom. The molecule has 0 N–H and O–H groups in total. The Kier molecular flexibility index (Phi) is 6.14. The van der Waals surface area contributed by atoms with Crippen molar-refractivity contribution < 1.29 is 13.3 Å². The molecule has 1 saturated heterocycles. The van der Waals surface area contributed by atoms with Gasteiger partial charge in [0, 0.05) is 17.1 Å². The maximum absolute atomic E-state index is 13.2. The molecule has 0 spiro atoms. The first-order valence-corrected chi connectivity index (χ1v) is 11.3. The van der Waals surface area contributed by atoms with E-state index in [-0.39, 0.29) is 16.6 Å². The Bertz CT molecular complexity index is 812. The fourth-order valence-corrected chi connectivity index (χ4v) is 6.70. The summed E-state index contributed by atoms with van der Waals surface area (Å²) < 4.78 is 28.8. The summed E-state index contributed by atoms with van der Waals surface area (Å²) in [6, 6.07) is 5.34. The van der Waals surface area contributed by atoms with E-state index in [4.69, 9.17) is 0 Å². The van der Waals surface area contributed by atoms with Crippen LogP contribution >= 0.6 is 15.9 Å². The van der Waals surface area contributed by atoms with Gasteiger partial charge >= 0.3 is 0 Å². The molecule has 0 radical (unpaired) electrons. The summed E-state index contributed by atoms with van der Waals surface area (Å²) in [5, 5.41) is 11.3. The number of hydrogen-bond donors (Lipinski definition) is 0. The third-order valence-corrected chi connectivity index (χ3v) is 8.23. The average Bonchev–Trinajstić information content (AvgIpc) is 2.97. The first-order valence-electron chi connectivity index (χ1n) is 9.05. The van der Waals surface area contributed by atoms with Crippen LogP contribution in [0.1, 0.15) is 51.4 Å². The molecule has 1 saturated carbocycles. The van der Waals surface area contributed by atoms with Crippen molar-refractivity contribution in [3.8, 4) is 0 Å². The number of rotatable bonds is 4. The molecule has 1 atom stereocenters. The average molecular weight is 443 g/mol. The minimum atomic E-state index is -3.93. The molecule has 142 valence electrons. The standard InChI is InChI=1S/C18H23BrN2O4S/c19-18(14-8-3-1-2-4-9-14)16-11-7-13-20(16)26(24,25)17-12-6-5-10-15(17)21(22)23/h5-6,10,12,16H,1-4,7-9,11,13H2. The fraction of sp³-hybridized carbons (Fsp3) is 0.556. The Morgan fingerprint density at radius 2 is 1.77 bits per heavy atom. The zero-order valence-corrected chi connectivity index (χ0v) is 17.0. The van der Waals surface area contributed by atoms with Crippen LogP contribution in [0.4, 0.5) is 5.69 Å². The number of nitro benzene ring substituents is 1. The molecule has 1 heterocycles. The quantitative estimate of drug-likeness (QED) is 0.382. The number of para-hydroxylation sites is 1. The van der Waals surface area contributed by atoms with Crippen molar-refractivity contribution in [3.63, 3.8) is 0 Å². The largest absolute Gasteiger partial charge is 0.289 e. The second-order valence-electron chi connectivity index (χ2n) is 6.86. The third-order valence-electron chi connectivity index (χ3n) is 5.19. The lowest BCUT2D eigenvalue weighted by Gasteiger charge is -2.25. The number of sulfonamides is 1. The summed E-state index contributed by atoms with van der Waals surface area (Å²) in [5.74, 6) is 0. The number of nitrogens with zero attached hydrogens (tertiary/aromatic N) is 2. The van der Waals surface area contributed by atoms with E-state index in [1.54, 1.807) is 0 Å². The molecule has 1 aromatic rings. The zero-order valence-electron chi connectivity index (χ0n) is 14.6. The zero-order chi connectivity index (χ0) is 18.7. The SMILES string of the molecule is O=[N+]([O-])c1ccccc1S(=O)(=O)N1CCCC1C(Br)=C1CCCCCC1. The molecule has 2 fully saturated rings. The molecule has 26 heavy (non-hydrogen) atoms. The van der Waals surface area contributed by atoms with Gasteiger partial charge in [0.2, 0.25) is 10.0 Å². The van der Waals surface area contributed by atoms with Crippen LogP contribution in [-0.2, 0) is 10.0 Å². The lowest BCUT2D eigenvalue weighted by Crippen LogP contribution is -2.36. The molecule has 1 aliphatic carbocycles. The molecule has 1 unspecified atom stereocenters. The summed E-state index contributed by atoms with van der Waals surface area (Å²) in [5.41, 5.74) is 0.938. The number of allylic oxidation sites excluding steroid dienone is 1. The first kappa shape index (κ1) is 19.5. The fourth-order valence-electron chi connectivity index (χ4n) is 3.86. The van der Waals surface area contributed by atoms with Gasteiger partial charge in [-0.2, -0.15) is 4.31 Å². The van der Waals surface area contributed by atoms with Gasteiger partial charge in [-0.05, 0) is 44.6 Å². The van der Waals surface area contributed by atoms with E-state index in [0.717, 1.165) is 43.0 Å². The van der Waals surface area contributed by atoms with Gasteiger partial charge in [0.15, 0.2) is 4.90 Å². The van der Waals surface area contributed by atoms with Gasteiger partial charge in [0.25, 0.3) is 5.69 Å². The van der Waals surface area contributed by atoms with Gasteiger partial charge in [0.1, 0.15) is 0 Å².